The Morgan fingerprint density at radius 1 is 0.210 bits per heavy atom. The normalized spacial score (nSPS) is 9.57. The Balaban J connectivity index is 0.000000304. The summed E-state index contributed by atoms with van der Waals surface area (Å²) in [4.78, 5) is 0. The van der Waals surface area contributed by atoms with Crippen molar-refractivity contribution in [3.8, 4) is 28.7 Å². The van der Waals surface area contributed by atoms with Gasteiger partial charge in [0.25, 0.3) is 0 Å². The van der Waals surface area contributed by atoms with Gasteiger partial charge in [-0.3, -0.25) is 0 Å². The first-order valence-corrected chi connectivity index (χ1v) is 37.6. The van der Waals surface area contributed by atoms with Gasteiger partial charge >= 0.3 is 0 Å². The molecule has 0 atom stereocenters. The molecule has 0 amide bonds. The van der Waals surface area contributed by atoms with E-state index < -0.39 is 0 Å². The molecule has 0 saturated carbocycles. The predicted molar refractivity (Wildman–Crippen MR) is 463 cm³/mol. The molecule has 0 spiro atoms. The van der Waals surface area contributed by atoms with E-state index in [0.717, 1.165) is 54.0 Å². The summed E-state index contributed by atoms with van der Waals surface area (Å²) in [5.41, 5.74) is 11.4. The van der Waals surface area contributed by atoms with Gasteiger partial charge in [-0.05, 0) is 207 Å². The molecule has 0 saturated heterocycles. The summed E-state index contributed by atoms with van der Waals surface area (Å²) in [6.07, 6.45) is 5.57. The van der Waals surface area contributed by atoms with Crippen molar-refractivity contribution in [2.24, 2.45) is 0 Å². The Labute approximate surface area is 630 Å². The van der Waals surface area contributed by atoms with Crippen LogP contribution in [0.5, 0.6) is 28.7 Å². The van der Waals surface area contributed by atoms with Gasteiger partial charge in [-0.2, -0.15) is 0 Å². The van der Waals surface area contributed by atoms with Crippen LogP contribution in [-0.2, 0) is 32.1 Å². The highest BCUT2D eigenvalue weighted by atomic mass is 16.3. The molecule has 0 unspecified atom stereocenters. The van der Waals surface area contributed by atoms with Crippen molar-refractivity contribution in [2.45, 2.75) is 150 Å². The second kappa shape index (κ2) is 51.1. The van der Waals surface area contributed by atoms with Crippen LogP contribution in [-0.4, -0.2) is 25.5 Å². The van der Waals surface area contributed by atoms with Crippen LogP contribution < -0.4 is 0 Å². The molecule has 105 heavy (non-hydrogen) atoms. The highest BCUT2D eigenvalue weighted by molar-refractivity contribution is 5.90. The van der Waals surface area contributed by atoms with Gasteiger partial charge in [0.15, 0.2) is 0 Å². The average molecular weight is 1400 g/mol. The number of aryl methyl sites for hydroxylation is 9. The minimum atomic E-state index is 0.216. The standard InChI is InChI=1S/5C12H12.C10H8O2.C9H12O.C7H8O.C6H6O.4C2H6/c4*1-2-10-7-5-8-11-6-3-4-9-12(10)11;1-2-10-7-8-11-5-3-4-6-12(11)9-10;11-8-4-5-9-7(6-8)2-1-3-10(9)12;1-6-4-7(2)9(10)8(3)5-6;1-6-2-4-7(8)5-3-6;7-6-4-2-1-3-5-6;4*1-2/h5*3-9H,2H2,1H3;1-6,11-12H;4-5,10H,1-3H3;2-5,8H,1H3;1-5,7H;4*1-2H3. The Morgan fingerprint density at radius 3 is 0.876 bits per heavy atom. The van der Waals surface area contributed by atoms with E-state index in [1.165, 1.54) is 92.8 Å². The Kier molecular flexibility index (Phi) is 42.8. The molecule has 0 aliphatic rings. The summed E-state index contributed by atoms with van der Waals surface area (Å²) in [6, 6.07) is 105. The number of benzene rings is 15. The number of hydrogen-bond donors (Lipinski definition) is 5. The number of fused-ring (bicyclic) bond motifs is 6. The molecule has 5 nitrogen and oxygen atoms in total. The van der Waals surface area contributed by atoms with Gasteiger partial charge in [-0.1, -0.05) is 368 Å². The molecule has 5 N–H and O–H groups in total. The maximum Gasteiger partial charge on any atom is 0.123 e. The zero-order chi connectivity index (χ0) is 77.3. The maximum absolute atomic E-state index is 9.38. The number of phenols is 5. The number of phenolic OH excluding ortho intramolecular Hbond substituents is 5. The second-order valence-electron chi connectivity index (χ2n) is 23.6. The summed E-state index contributed by atoms with van der Waals surface area (Å²) in [5, 5.41) is 60.5. The summed E-state index contributed by atoms with van der Waals surface area (Å²) in [6.45, 7) is 34.8. The van der Waals surface area contributed by atoms with Crippen LogP contribution in [0.3, 0.4) is 0 Å². The van der Waals surface area contributed by atoms with Gasteiger partial charge < -0.3 is 25.5 Å². The van der Waals surface area contributed by atoms with Crippen LogP contribution in [0, 0.1) is 27.7 Å². The van der Waals surface area contributed by atoms with E-state index >= 15 is 0 Å². The minimum Gasteiger partial charge on any atom is -0.508 e. The quantitative estimate of drug-likeness (QED) is 0.118. The van der Waals surface area contributed by atoms with Gasteiger partial charge in [0, 0.05) is 5.39 Å². The molecular weight excluding hydrogens is 1280 g/mol. The molecular formula is C100H118O5. The van der Waals surface area contributed by atoms with Crippen LogP contribution in [0.15, 0.2) is 315 Å². The molecule has 15 aromatic rings. The maximum atomic E-state index is 9.38. The van der Waals surface area contributed by atoms with Crippen molar-refractivity contribution < 1.29 is 25.5 Å². The van der Waals surface area contributed by atoms with Crippen LogP contribution in [0.1, 0.15) is 140 Å². The lowest BCUT2D eigenvalue weighted by atomic mass is 10.0. The summed E-state index contributed by atoms with van der Waals surface area (Å²) >= 11 is 0. The fourth-order valence-electron chi connectivity index (χ4n) is 11.3. The Morgan fingerprint density at radius 2 is 0.524 bits per heavy atom. The third-order valence-electron chi connectivity index (χ3n) is 16.5. The number of hydrogen-bond acceptors (Lipinski definition) is 5. The van der Waals surface area contributed by atoms with E-state index in [4.69, 9.17) is 15.3 Å². The predicted octanol–water partition coefficient (Wildman–Crippen LogP) is 28.8. The van der Waals surface area contributed by atoms with Gasteiger partial charge in [-0.15, -0.1) is 0 Å². The van der Waals surface area contributed by atoms with Crippen LogP contribution in [0.4, 0.5) is 0 Å². The van der Waals surface area contributed by atoms with E-state index in [2.05, 4.69) is 247 Å². The Hall–Kier alpha value is -11.1. The van der Waals surface area contributed by atoms with Crippen LogP contribution in [0.25, 0.3) is 64.6 Å². The van der Waals surface area contributed by atoms with Crippen LogP contribution in [0.2, 0.25) is 0 Å². The SMILES string of the molecule is CC.CC.CC.CC.CCc1ccc2ccccc2c1.CCc1cccc2ccccc12.CCc1cccc2ccccc12.CCc1cccc2ccccc12.CCc1cccc2ccccc12.Cc1cc(C)c(O)c(C)c1.Cc1ccc(O)cc1.Oc1ccc2c(O)cccc2c1.Oc1ccccc1. The lowest BCUT2D eigenvalue weighted by Crippen LogP contribution is -1.81. The smallest absolute Gasteiger partial charge is 0.123 e. The molecule has 0 aliphatic heterocycles. The lowest BCUT2D eigenvalue weighted by molar-refractivity contribution is 0.466. The summed E-state index contributed by atoms with van der Waals surface area (Å²) in [5.74, 6) is 1.53. The topological polar surface area (TPSA) is 101 Å². The molecule has 548 valence electrons. The van der Waals surface area contributed by atoms with E-state index in [-0.39, 0.29) is 11.5 Å². The highest BCUT2D eigenvalue weighted by Gasteiger charge is 2.03. The molecule has 0 radical (unpaired) electrons. The first kappa shape index (κ1) is 88.1. The Bertz CT molecular complexity index is 4450. The van der Waals surface area contributed by atoms with Crippen molar-refractivity contribution in [1.29, 1.82) is 0 Å². The summed E-state index contributed by atoms with van der Waals surface area (Å²) < 4.78 is 0. The van der Waals surface area contributed by atoms with E-state index in [0.29, 0.717) is 17.2 Å². The van der Waals surface area contributed by atoms with Crippen molar-refractivity contribution in [3.63, 3.8) is 0 Å². The molecule has 0 aromatic heterocycles. The van der Waals surface area contributed by atoms with E-state index in [9.17, 15) is 10.2 Å². The fraction of sp³-hybridized carbons (Fsp3) is 0.220. The van der Waals surface area contributed by atoms with Gasteiger partial charge in [0.05, 0.1) is 0 Å². The zero-order valence-electron chi connectivity index (χ0n) is 65.8. The van der Waals surface area contributed by atoms with Gasteiger partial charge in [-0.25, -0.2) is 0 Å². The van der Waals surface area contributed by atoms with Crippen LogP contribution >= 0.6 is 0 Å². The minimum absolute atomic E-state index is 0.216. The zero-order valence-corrected chi connectivity index (χ0v) is 65.8. The third-order valence-corrected chi connectivity index (χ3v) is 16.5. The number of para-hydroxylation sites is 1. The third kappa shape index (κ3) is 30.0. The fourth-order valence-corrected chi connectivity index (χ4v) is 11.3. The summed E-state index contributed by atoms with van der Waals surface area (Å²) in [7, 11) is 0. The van der Waals surface area contributed by atoms with Crippen molar-refractivity contribution in [2.75, 3.05) is 0 Å². The van der Waals surface area contributed by atoms with Gasteiger partial charge in [0.1, 0.15) is 28.7 Å². The molecule has 15 rings (SSSR count). The monoisotopic (exact) mass is 1400 g/mol. The largest absolute Gasteiger partial charge is 0.508 e. The molecule has 0 bridgehead atoms. The second-order valence-corrected chi connectivity index (χ2v) is 23.6. The van der Waals surface area contributed by atoms with E-state index in [1.54, 1.807) is 66.7 Å². The molecule has 15 aromatic carbocycles. The van der Waals surface area contributed by atoms with Gasteiger partial charge in [0.2, 0.25) is 0 Å². The lowest BCUT2D eigenvalue weighted by Gasteiger charge is -2.03. The molecule has 0 fully saturated rings. The van der Waals surface area contributed by atoms with Crippen molar-refractivity contribution >= 4 is 64.6 Å². The van der Waals surface area contributed by atoms with Crippen molar-refractivity contribution in [3.05, 3.63) is 366 Å². The first-order valence-electron chi connectivity index (χ1n) is 37.6. The number of rotatable bonds is 5. The first-order chi connectivity index (χ1) is 51.1. The molecule has 0 aliphatic carbocycles. The molecule has 0 heterocycles. The average Bonchev–Trinajstić information content (AvgIpc) is 0.879. The number of aromatic hydroxyl groups is 5. The molecule has 5 heteroatoms. The van der Waals surface area contributed by atoms with Crippen molar-refractivity contribution in [1.82, 2.24) is 0 Å². The highest BCUT2D eigenvalue weighted by Crippen LogP contribution is 2.28. The van der Waals surface area contributed by atoms with E-state index in [1.807, 2.05) is 119 Å².